The third kappa shape index (κ3) is 3.91. The number of hydrogen-bond donors (Lipinski definition) is 2. The summed E-state index contributed by atoms with van der Waals surface area (Å²) in [5.41, 5.74) is 0.133. The normalized spacial score (nSPS) is 12.6. The molecular weight excluding hydrogens is 258 g/mol. The molecule has 0 heterocycles. The van der Waals surface area contributed by atoms with Gasteiger partial charge in [0.05, 0.1) is 5.56 Å². The number of benzene rings is 1. The maximum absolute atomic E-state index is 12.2. The van der Waals surface area contributed by atoms with Gasteiger partial charge in [0, 0.05) is 5.69 Å². The number of carbonyl (C=O) groups excluding carboxylic acids is 2. The maximum atomic E-state index is 12.2. The van der Waals surface area contributed by atoms with Crippen LogP contribution in [0, 0.1) is 11.3 Å². The molecule has 108 valence electrons. The van der Waals surface area contributed by atoms with E-state index in [2.05, 4.69) is 5.32 Å². The lowest BCUT2D eigenvalue weighted by atomic mass is 9.78. The average Bonchev–Trinajstić information content (AvgIpc) is 2.26. The number of nitrogens with one attached hydrogen (secondary N) is 1. The number of ketones is 1. The molecule has 20 heavy (non-hydrogen) atoms. The number of hydrogen-bond acceptors (Lipinski definition) is 3. The minimum absolute atomic E-state index is 0.141. The summed E-state index contributed by atoms with van der Waals surface area (Å²) in [6.45, 7) is 6.87. The van der Waals surface area contributed by atoms with Crippen molar-refractivity contribution in [2.24, 2.45) is 11.3 Å². The Morgan fingerprint density at radius 1 is 1.10 bits per heavy atom. The van der Waals surface area contributed by atoms with Crippen LogP contribution < -0.4 is 5.32 Å². The van der Waals surface area contributed by atoms with Gasteiger partial charge in [-0.15, -0.1) is 0 Å². The Kier molecular flexibility index (Phi) is 4.65. The lowest BCUT2D eigenvalue weighted by molar-refractivity contribution is -0.134. The third-order valence-corrected chi connectivity index (χ3v) is 2.93. The third-order valence-electron chi connectivity index (χ3n) is 2.93. The zero-order chi connectivity index (χ0) is 15.5. The van der Waals surface area contributed by atoms with E-state index in [0.29, 0.717) is 5.69 Å². The van der Waals surface area contributed by atoms with Gasteiger partial charge in [-0.05, 0) is 36.6 Å². The molecule has 5 heteroatoms. The molecule has 1 amide bonds. The predicted molar refractivity (Wildman–Crippen MR) is 75.7 cm³/mol. The fourth-order valence-electron chi connectivity index (χ4n) is 2.10. The van der Waals surface area contributed by atoms with E-state index in [1.165, 1.54) is 31.2 Å². The summed E-state index contributed by atoms with van der Waals surface area (Å²) in [7, 11) is 0. The second-order valence-electron chi connectivity index (χ2n) is 5.78. The molecule has 0 aromatic heterocycles. The van der Waals surface area contributed by atoms with Crippen molar-refractivity contribution in [2.75, 3.05) is 5.32 Å². The topological polar surface area (TPSA) is 83.5 Å². The smallest absolute Gasteiger partial charge is 0.335 e. The number of Topliss-reactive ketones (excluding diaryl/α,β-unsaturated/α-hetero) is 1. The van der Waals surface area contributed by atoms with Gasteiger partial charge in [0.2, 0.25) is 5.91 Å². The summed E-state index contributed by atoms with van der Waals surface area (Å²) in [5.74, 6) is -2.36. The molecule has 0 aliphatic carbocycles. The molecule has 0 fully saturated rings. The zero-order valence-electron chi connectivity index (χ0n) is 12.1. The number of anilines is 1. The van der Waals surface area contributed by atoms with Crippen molar-refractivity contribution in [3.63, 3.8) is 0 Å². The lowest BCUT2D eigenvalue weighted by Crippen LogP contribution is -2.38. The van der Waals surface area contributed by atoms with Crippen molar-refractivity contribution >= 4 is 23.3 Å². The Hall–Kier alpha value is -2.17. The highest BCUT2D eigenvalue weighted by Gasteiger charge is 2.35. The Bertz CT molecular complexity index is 526. The minimum Gasteiger partial charge on any atom is -0.478 e. The highest BCUT2D eigenvalue weighted by molar-refractivity contribution is 6.07. The Balaban J connectivity index is 2.89. The van der Waals surface area contributed by atoms with Crippen LogP contribution in [-0.2, 0) is 9.59 Å². The summed E-state index contributed by atoms with van der Waals surface area (Å²) < 4.78 is 0. The summed E-state index contributed by atoms with van der Waals surface area (Å²) in [4.78, 5) is 34.5. The maximum Gasteiger partial charge on any atom is 0.335 e. The van der Waals surface area contributed by atoms with E-state index in [0.717, 1.165) is 0 Å². The van der Waals surface area contributed by atoms with E-state index >= 15 is 0 Å². The van der Waals surface area contributed by atoms with Gasteiger partial charge in [-0.1, -0.05) is 20.8 Å². The van der Waals surface area contributed by atoms with Gasteiger partial charge in [0.15, 0.2) is 0 Å². The molecule has 0 spiro atoms. The molecule has 0 saturated carbocycles. The van der Waals surface area contributed by atoms with E-state index in [1.54, 1.807) is 0 Å². The summed E-state index contributed by atoms with van der Waals surface area (Å²) in [5, 5.41) is 11.4. The summed E-state index contributed by atoms with van der Waals surface area (Å²) in [6.07, 6.45) is 0. The van der Waals surface area contributed by atoms with E-state index in [4.69, 9.17) is 5.11 Å². The number of rotatable bonds is 4. The van der Waals surface area contributed by atoms with Crippen LogP contribution >= 0.6 is 0 Å². The molecule has 0 saturated heterocycles. The monoisotopic (exact) mass is 277 g/mol. The molecule has 1 atom stereocenters. The Morgan fingerprint density at radius 3 is 1.95 bits per heavy atom. The first-order valence-corrected chi connectivity index (χ1v) is 6.27. The number of carbonyl (C=O) groups is 3. The molecular formula is C15H19NO4. The van der Waals surface area contributed by atoms with Crippen LogP contribution in [0.3, 0.4) is 0 Å². The van der Waals surface area contributed by atoms with Crippen LogP contribution in [0.25, 0.3) is 0 Å². The van der Waals surface area contributed by atoms with E-state index in [9.17, 15) is 14.4 Å². The molecule has 1 aromatic rings. The number of carboxylic acid groups (broad SMARTS) is 1. The molecule has 0 aliphatic rings. The molecule has 1 aromatic carbocycles. The Morgan fingerprint density at radius 2 is 1.60 bits per heavy atom. The molecule has 0 bridgehead atoms. The van der Waals surface area contributed by atoms with Gasteiger partial charge in [-0.3, -0.25) is 9.59 Å². The standard InChI is InChI=1S/C15H19NO4/c1-9(17)12(15(2,3)4)13(18)16-11-7-5-10(6-8-11)14(19)20/h5-8,12H,1-4H3,(H,16,18)(H,19,20). The zero-order valence-corrected chi connectivity index (χ0v) is 12.1. The predicted octanol–water partition coefficient (Wildman–Crippen LogP) is 2.57. The fourth-order valence-corrected chi connectivity index (χ4v) is 2.10. The van der Waals surface area contributed by atoms with Crippen molar-refractivity contribution in [3.8, 4) is 0 Å². The van der Waals surface area contributed by atoms with Crippen molar-refractivity contribution in [3.05, 3.63) is 29.8 Å². The minimum atomic E-state index is -1.03. The average molecular weight is 277 g/mol. The Labute approximate surface area is 118 Å². The van der Waals surface area contributed by atoms with Crippen LogP contribution in [-0.4, -0.2) is 22.8 Å². The van der Waals surface area contributed by atoms with Gasteiger partial charge >= 0.3 is 5.97 Å². The molecule has 5 nitrogen and oxygen atoms in total. The fraction of sp³-hybridized carbons (Fsp3) is 0.400. The quantitative estimate of drug-likeness (QED) is 0.828. The highest BCUT2D eigenvalue weighted by Crippen LogP contribution is 2.28. The van der Waals surface area contributed by atoms with Crippen LogP contribution in [0.15, 0.2) is 24.3 Å². The largest absolute Gasteiger partial charge is 0.478 e. The number of amides is 1. The SMILES string of the molecule is CC(=O)C(C(=O)Nc1ccc(C(=O)O)cc1)C(C)(C)C. The van der Waals surface area contributed by atoms with Crippen LogP contribution in [0.2, 0.25) is 0 Å². The number of carboxylic acids is 1. The van der Waals surface area contributed by atoms with Crippen LogP contribution in [0.1, 0.15) is 38.1 Å². The van der Waals surface area contributed by atoms with Crippen LogP contribution in [0.5, 0.6) is 0 Å². The van der Waals surface area contributed by atoms with E-state index in [1.807, 2.05) is 20.8 Å². The number of aromatic carboxylic acids is 1. The second kappa shape index (κ2) is 5.86. The van der Waals surface area contributed by atoms with Crippen molar-refractivity contribution < 1.29 is 19.5 Å². The highest BCUT2D eigenvalue weighted by atomic mass is 16.4. The first-order chi connectivity index (χ1) is 9.12. The van der Waals surface area contributed by atoms with E-state index < -0.39 is 17.3 Å². The van der Waals surface area contributed by atoms with Crippen LogP contribution in [0.4, 0.5) is 5.69 Å². The van der Waals surface area contributed by atoms with Crippen molar-refractivity contribution in [1.82, 2.24) is 0 Å². The molecule has 0 radical (unpaired) electrons. The first kappa shape index (κ1) is 15.9. The van der Waals surface area contributed by atoms with Crippen molar-refractivity contribution in [2.45, 2.75) is 27.7 Å². The molecule has 1 rings (SSSR count). The van der Waals surface area contributed by atoms with Gasteiger partial charge in [-0.25, -0.2) is 4.79 Å². The van der Waals surface area contributed by atoms with Gasteiger partial charge < -0.3 is 10.4 Å². The van der Waals surface area contributed by atoms with E-state index in [-0.39, 0.29) is 17.3 Å². The van der Waals surface area contributed by atoms with Gasteiger partial charge in [-0.2, -0.15) is 0 Å². The van der Waals surface area contributed by atoms with Crippen molar-refractivity contribution in [1.29, 1.82) is 0 Å². The summed E-state index contributed by atoms with van der Waals surface area (Å²) >= 11 is 0. The lowest BCUT2D eigenvalue weighted by Gasteiger charge is -2.27. The first-order valence-electron chi connectivity index (χ1n) is 6.27. The van der Waals surface area contributed by atoms with Gasteiger partial charge in [0.1, 0.15) is 11.7 Å². The molecule has 1 unspecified atom stereocenters. The molecule has 2 N–H and O–H groups in total. The summed E-state index contributed by atoms with van der Waals surface area (Å²) in [6, 6.07) is 5.80. The second-order valence-corrected chi connectivity index (χ2v) is 5.78. The van der Waals surface area contributed by atoms with Gasteiger partial charge in [0.25, 0.3) is 0 Å². The molecule has 0 aliphatic heterocycles.